The third kappa shape index (κ3) is 3.68. The van der Waals surface area contributed by atoms with Gasteiger partial charge in [-0.05, 0) is 25.7 Å². The number of aliphatic carboxylic acids is 1. The maximum Gasteiger partial charge on any atom is 0.412 e. The van der Waals surface area contributed by atoms with E-state index in [9.17, 15) is 22.8 Å². The molecule has 0 aromatic carbocycles. The number of nitrogens with zero attached hydrogens (tertiary/aromatic N) is 1. The summed E-state index contributed by atoms with van der Waals surface area (Å²) in [5.41, 5.74) is -1.35. The monoisotopic (exact) mass is 306 g/mol. The zero-order valence-corrected chi connectivity index (χ0v) is 11.4. The fourth-order valence-electron chi connectivity index (χ4n) is 2.66. The van der Waals surface area contributed by atoms with Crippen LogP contribution in [0.25, 0.3) is 0 Å². The van der Waals surface area contributed by atoms with Gasteiger partial charge in [-0.3, -0.25) is 4.79 Å². The van der Waals surface area contributed by atoms with E-state index in [-0.39, 0.29) is 25.9 Å². The van der Waals surface area contributed by atoms with Gasteiger partial charge in [-0.2, -0.15) is 13.2 Å². The molecule has 1 aliphatic carbocycles. The van der Waals surface area contributed by atoms with Crippen LogP contribution in [0, 0.1) is 0 Å². The molecule has 0 spiro atoms. The van der Waals surface area contributed by atoms with Gasteiger partial charge in [0, 0.05) is 18.7 Å². The number of hydrogen-bond acceptors (Lipinski definition) is 2. The first kappa shape index (κ1) is 15.7. The third-order valence-electron chi connectivity index (χ3n) is 4.03. The summed E-state index contributed by atoms with van der Waals surface area (Å²) in [6.45, 7) is -0.121. The number of nitrogens with one attached hydrogen (secondary N) is 1. The van der Waals surface area contributed by atoms with Gasteiger partial charge in [-0.25, -0.2) is 4.79 Å². The minimum atomic E-state index is -4.35. The molecule has 1 fully saturated rings. The molecule has 0 atom stereocenters. The van der Waals surface area contributed by atoms with Crippen molar-refractivity contribution < 1.29 is 27.9 Å². The molecule has 8 heteroatoms. The molecule has 0 radical (unpaired) electrons. The maximum absolute atomic E-state index is 12.5. The lowest BCUT2D eigenvalue weighted by Gasteiger charge is -2.43. The summed E-state index contributed by atoms with van der Waals surface area (Å²) in [7, 11) is 0. The molecule has 0 aromatic heterocycles. The van der Waals surface area contributed by atoms with Gasteiger partial charge in [0.1, 0.15) is 0 Å². The molecule has 1 aliphatic heterocycles. The molecule has 0 saturated heterocycles. The summed E-state index contributed by atoms with van der Waals surface area (Å²) in [5, 5.41) is 11.5. The molecule has 118 valence electrons. The van der Waals surface area contributed by atoms with Crippen LogP contribution in [0.15, 0.2) is 11.6 Å². The van der Waals surface area contributed by atoms with E-state index in [2.05, 4.69) is 5.32 Å². The van der Waals surface area contributed by atoms with Crippen LogP contribution in [-0.2, 0) is 4.79 Å². The molecule has 2 N–H and O–H groups in total. The van der Waals surface area contributed by atoms with Gasteiger partial charge in [0.25, 0.3) is 0 Å². The van der Waals surface area contributed by atoms with Gasteiger partial charge in [0.05, 0.1) is 12.0 Å². The lowest BCUT2D eigenvalue weighted by Crippen LogP contribution is -2.58. The van der Waals surface area contributed by atoms with Crippen molar-refractivity contribution in [2.45, 2.75) is 43.8 Å². The number of rotatable bonds is 3. The number of hydrogen-bond donors (Lipinski definition) is 2. The van der Waals surface area contributed by atoms with E-state index < -0.39 is 29.3 Å². The SMILES string of the molecule is O=C(O)CC1(NC(=O)N2CC=C(C(F)(F)F)CC2)CCC1. The summed E-state index contributed by atoms with van der Waals surface area (Å²) < 4.78 is 37.5. The van der Waals surface area contributed by atoms with Crippen LogP contribution in [0.1, 0.15) is 32.1 Å². The van der Waals surface area contributed by atoms with E-state index in [0.717, 1.165) is 12.5 Å². The molecule has 1 saturated carbocycles. The van der Waals surface area contributed by atoms with Crippen LogP contribution in [0.4, 0.5) is 18.0 Å². The first-order valence-corrected chi connectivity index (χ1v) is 6.77. The van der Waals surface area contributed by atoms with E-state index in [0.29, 0.717) is 12.8 Å². The van der Waals surface area contributed by atoms with E-state index in [4.69, 9.17) is 5.11 Å². The lowest BCUT2D eigenvalue weighted by atomic mass is 9.74. The highest BCUT2D eigenvalue weighted by molar-refractivity contribution is 5.77. The van der Waals surface area contributed by atoms with Gasteiger partial charge in [-0.15, -0.1) is 0 Å². The number of carbonyl (C=O) groups excluding carboxylic acids is 1. The number of carbonyl (C=O) groups is 2. The van der Waals surface area contributed by atoms with Crippen molar-refractivity contribution in [3.63, 3.8) is 0 Å². The summed E-state index contributed by atoms with van der Waals surface area (Å²) in [6.07, 6.45) is -1.72. The van der Waals surface area contributed by atoms with Crippen LogP contribution >= 0.6 is 0 Å². The molecule has 1 heterocycles. The number of amides is 2. The summed E-state index contributed by atoms with van der Waals surface area (Å²) in [6, 6.07) is -0.492. The highest BCUT2D eigenvalue weighted by Crippen LogP contribution is 2.35. The van der Waals surface area contributed by atoms with Gasteiger partial charge in [0.2, 0.25) is 0 Å². The zero-order valence-electron chi connectivity index (χ0n) is 11.4. The molecule has 2 rings (SSSR count). The van der Waals surface area contributed by atoms with E-state index in [1.807, 2.05) is 0 Å². The van der Waals surface area contributed by atoms with Crippen LogP contribution in [0.2, 0.25) is 0 Å². The van der Waals surface area contributed by atoms with Crippen LogP contribution in [0.5, 0.6) is 0 Å². The molecule has 0 unspecified atom stereocenters. The van der Waals surface area contributed by atoms with E-state index >= 15 is 0 Å². The lowest BCUT2D eigenvalue weighted by molar-refractivity contribution is -0.139. The first-order valence-electron chi connectivity index (χ1n) is 6.77. The highest BCUT2D eigenvalue weighted by Gasteiger charge is 2.42. The Bertz CT molecular complexity index is 470. The Morgan fingerprint density at radius 1 is 1.38 bits per heavy atom. The Morgan fingerprint density at radius 2 is 2.05 bits per heavy atom. The summed E-state index contributed by atoms with van der Waals surface area (Å²) >= 11 is 0. The molecule has 2 amide bonds. The minimum Gasteiger partial charge on any atom is -0.481 e. The predicted octanol–water partition coefficient (Wildman–Crippen LogP) is 2.29. The summed E-state index contributed by atoms with van der Waals surface area (Å²) in [4.78, 5) is 24.2. The predicted molar refractivity (Wildman–Crippen MR) is 67.7 cm³/mol. The quantitative estimate of drug-likeness (QED) is 0.786. The Morgan fingerprint density at radius 3 is 2.43 bits per heavy atom. The smallest absolute Gasteiger partial charge is 0.412 e. The fraction of sp³-hybridized carbons (Fsp3) is 0.692. The largest absolute Gasteiger partial charge is 0.481 e. The molecule has 0 aromatic rings. The van der Waals surface area contributed by atoms with Crippen molar-refractivity contribution >= 4 is 12.0 Å². The third-order valence-corrected chi connectivity index (χ3v) is 4.03. The fourth-order valence-corrected chi connectivity index (χ4v) is 2.66. The van der Waals surface area contributed by atoms with Gasteiger partial charge >= 0.3 is 18.2 Å². The Balaban J connectivity index is 1.93. The van der Waals surface area contributed by atoms with Crippen molar-refractivity contribution in [3.05, 3.63) is 11.6 Å². The van der Waals surface area contributed by atoms with Gasteiger partial charge in [-0.1, -0.05) is 6.08 Å². The van der Waals surface area contributed by atoms with E-state index in [1.54, 1.807) is 0 Å². The van der Waals surface area contributed by atoms with Crippen molar-refractivity contribution in [1.82, 2.24) is 10.2 Å². The van der Waals surface area contributed by atoms with E-state index in [1.165, 1.54) is 4.90 Å². The maximum atomic E-state index is 12.5. The topological polar surface area (TPSA) is 69.6 Å². The minimum absolute atomic E-state index is 0.0136. The van der Waals surface area contributed by atoms with Crippen molar-refractivity contribution in [2.24, 2.45) is 0 Å². The molecule has 5 nitrogen and oxygen atoms in total. The number of halogens is 3. The normalized spacial score (nSPS) is 21.3. The van der Waals surface area contributed by atoms with Crippen molar-refractivity contribution in [3.8, 4) is 0 Å². The first-order chi connectivity index (χ1) is 9.72. The average molecular weight is 306 g/mol. The van der Waals surface area contributed by atoms with Crippen molar-refractivity contribution in [2.75, 3.05) is 13.1 Å². The van der Waals surface area contributed by atoms with Gasteiger partial charge < -0.3 is 15.3 Å². The molecular weight excluding hydrogens is 289 g/mol. The van der Waals surface area contributed by atoms with Crippen LogP contribution in [-0.4, -0.2) is 46.8 Å². The zero-order chi connectivity index (χ0) is 15.7. The molecule has 2 aliphatic rings. The second-order valence-electron chi connectivity index (χ2n) is 5.56. The number of carboxylic acid groups (broad SMARTS) is 1. The molecule has 0 bridgehead atoms. The highest BCUT2D eigenvalue weighted by atomic mass is 19.4. The average Bonchev–Trinajstić information content (AvgIpc) is 2.34. The number of urea groups is 1. The standard InChI is InChI=1S/C13H17F3N2O3/c14-13(15,16)9-2-6-18(7-3-9)11(21)17-12(4-1-5-12)8-10(19)20/h2H,1,3-8H2,(H,17,21)(H,19,20). The second-order valence-corrected chi connectivity index (χ2v) is 5.56. The van der Waals surface area contributed by atoms with Crippen LogP contribution < -0.4 is 5.32 Å². The number of alkyl halides is 3. The Labute approximate surface area is 119 Å². The van der Waals surface area contributed by atoms with Crippen molar-refractivity contribution in [1.29, 1.82) is 0 Å². The summed E-state index contributed by atoms with van der Waals surface area (Å²) in [5.74, 6) is -0.993. The van der Waals surface area contributed by atoms with Crippen LogP contribution in [0.3, 0.4) is 0 Å². The Hall–Kier alpha value is -1.73. The molecular formula is C13H17F3N2O3. The Kier molecular flexibility index (Phi) is 4.15. The van der Waals surface area contributed by atoms with Gasteiger partial charge in [0.15, 0.2) is 0 Å². The molecule has 21 heavy (non-hydrogen) atoms. The second kappa shape index (κ2) is 5.57. The number of carboxylic acids is 1.